The molecule has 0 aromatic carbocycles. The van der Waals surface area contributed by atoms with E-state index < -0.39 is 10.2 Å². The molecule has 1 unspecified atom stereocenters. The van der Waals surface area contributed by atoms with Crippen molar-refractivity contribution in [1.29, 1.82) is 0 Å². The van der Waals surface area contributed by atoms with Crippen molar-refractivity contribution in [3.8, 4) is 0 Å². The van der Waals surface area contributed by atoms with Crippen LogP contribution in [0.2, 0.25) is 0 Å². The van der Waals surface area contributed by atoms with Crippen LogP contribution in [0.3, 0.4) is 0 Å². The lowest BCUT2D eigenvalue weighted by Crippen LogP contribution is -2.68. The van der Waals surface area contributed by atoms with E-state index in [1.165, 1.54) is 70.6 Å². The first-order valence-electron chi connectivity index (χ1n) is 9.70. The quantitative estimate of drug-likeness (QED) is 0.274. The summed E-state index contributed by atoms with van der Waals surface area (Å²) >= 11 is 0. The van der Waals surface area contributed by atoms with Crippen LogP contribution in [-0.2, 0) is 0 Å². The lowest BCUT2D eigenvalue weighted by Gasteiger charge is -2.29. The molecule has 0 saturated heterocycles. The average molecular weight is 386 g/mol. The van der Waals surface area contributed by atoms with Crippen LogP contribution in [0.5, 0.6) is 0 Å². The van der Waals surface area contributed by atoms with E-state index in [0.29, 0.717) is 6.04 Å². The zero-order valence-corrected chi connectivity index (χ0v) is 17.4. The van der Waals surface area contributed by atoms with Gasteiger partial charge in [-0.05, 0) is 26.7 Å². The molecule has 0 rings (SSSR count). The standard InChI is InChI=1S/C18H40NO.ClHO4/c1-5-6-7-8-9-10-11-12-13-14-15-16-17-19(4,20)18(2)3;2-1(3,4)5/h18,20H,5-17H2,1-4H3;(H,2,3,4,5)/q+1;/p-1. The van der Waals surface area contributed by atoms with Crippen molar-refractivity contribution < 1.29 is 38.7 Å². The first kappa shape index (κ1) is 27.3. The fraction of sp³-hybridized carbons (Fsp3) is 1.00. The highest BCUT2D eigenvalue weighted by molar-refractivity contribution is 4.48. The third kappa shape index (κ3) is 26.4. The Labute approximate surface area is 156 Å². The molecule has 0 fully saturated rings. The molecule has 0 heterocycles. The van der Waals surface area contributed by atoms with Crippen molar-refractivity contribution in [2.45, 2.75) is 104 Å². The SMILES string of the molecule is CCCCCCCCCCCCCC[N+](C)(O)C(C)C.[O-][Cl+3]([O-])([O-])[O-]. The molecule has 6 nitrogen and oxygen atoms in total. The largest absolute Gasteiger partial charge is 0.222 e. The minimum absolute atomic E-state index is 0.178. The van der Waals surface area contributed by atoms with E-state index in [9.17, 15) is 5.21 Å². The van der Waals surface area contributed by atoms with Crippen molar-refractivity contribution in [2.75, 3.05) is 13.6 Å². The molecule has 0 aromatic rings. The van der Waals surface area contributed by atoms with Crippen molar-refractivity contribution in [3.05, 3.63) is 0 Å². The molecule has 0 aliphatic carbocycles. The summed E-state index contributed by atoms with van der Waals surface area (Å²) in [6.45, 7) is 7.34. The van der Waals surface area contributed by atoms with Crippen molar-refractivity contribution in [1.82, 2.24) is 0 Å². The van der Waals surface area contributed by atoms with E-state index >= 15 is 0 Å². The highest BCUT2D eigenvalue weighted by Gasteiger charge is 2.22. The fourth-order valence-electron chi connectivity index (χ4n) is 2.53. The zero-order chi connectivity index (χ0) is 19.8. The Balaban J connectivity index is 0. The van der Waals surface area contributed by atoms with Gasteiger partial charge in [-0.15, -0.1) is 10.2 Å². The number of hydrogen-bond acceptors (Lipinski definition) is 5. The van der Waals surface area contributed by atoms with E-state index in [1.54, 1.807) is 0 Å². The second-order valence-corrected chi connectivity index (χ2v) is 8.05. The van der Waals surface area contributed by atoms with E-state index in [4.69, 9.17) is 18.6 Å². The number of rotatable bonds is 14. The third-order valence-corrected chi connectivity index (χ3v) is 4.58. The van der Waals surface area contributed by atoms with Crippen LogP contribution in [0.15, 0.2) is 0 Å². The molecular formula is C18H40ClNO5. The Hall–Kier alpha value is 0.0500. The van der Waals surface area contributed by atoms with Gasteiger partial charge in [0.05, 0.1) is 7.05 Å². The number of hydroxylamine groups is 3. The average Bonchev–Trinajstić information content (AvgIpc) is 2.46. The van der Waals surface area contributed by atoms with Crippen molar-refractivity contribution in [2.24, 2.45) is 0 Å². The Morgan fingerprint density at radius 2 is 1.00 bits per heavy atom. The smallest absolute Gasteiger partial charge is 0.113 e. The van der Waals surface area contributed by atoms with Gasteiger partial charge in [-0.3, -0.25) is 0 Å². The van der Waals surface area contributed by atoms with Crippen LogP contribution in [0.25, 0.3) is 0 Å². The molecule has 0 aliphatic rings. The molecule has 0 spiro atoms. The van der Waals surface area contributed by atoms with Crippen LogP contribution in [0.1, 0.15) is 97.8 Å². The van der Waals surface area contributed by atoms with Crippen LogP contribution in [-0.4, -0.2) is 29.5 Å². The van der Waals surface area contributed by atoms with E-state index in [-0.39, 0.29) is 4.65 Å². The van der Waals surface area contributed by atoms with E-state index in [0.717, 1.165) is 13.0 Å². The zero-order valence-electron chi connectivity index (χ0n) is 16.7. The fourth-order valence-corrected chi connectivity index (χ4v) is 2.53. The minimum Gasteiger partial charge on any atom is -0.222 e. The lowest BCUT2D eigenvalue weighted by molar-refractivity contribution is -2.00. The lowest BCUT2D eigenvalue weighted by atomic mass is 10.1. The Kier molecular flexibility index (Phi) is 17.7. The summed E-state index contributed by atoms with van der Waals surface area (Å²) in [5.41, 5.74) is 0. The summed E-state index contributed by atoms with van der Waals surface area (Å²) in [4.78, 5) is 0. The summed E-state index contributed by atoms with van der Waals surface area (Å²) in [5, 5.41) is 10.1. The Bertz CT molecular complexity index is 277. The first-order chi connectivity index (χ1) is 11.5. The normalized spacial score (nSPS) is 14.2. The summed E-state index contributed by atoms with van der Waals surface area (Å²) in [6.07, 6.45) is 16.5. The summed E-state index contributed by atoms with van der Waals surface area (Å²) < 4.78 is 34.2. The highest BCUT2D eigenvalue weighted by atomic mass is 35.7. The van der Waals surface area contributed by atoms with Gasteiger partial charge in [0, 0.05) is 0 Å². The molecule has 154 valence electrons. The minimum atomic E-state index is -4.94. The van der Waals surface area contributed by atoms with Gasteiger partial charge in [0.2, 0.25) is 0 Å². The predicted octanol–water partition coefficient (Wildman–Crippen LogP) is 1.18. The molecule has 1 atom stereocenters. The first-order valence-corrected chi connectivity index (χ1v) is 10.9. The second kappa shape index (κ2) is 16.2. The van der Waals surface area contributed by atoms with Crippen LogP contribution < -0.4 is 18.6 Å². The molecule has 1 N–H and O–H groups in total. The van der Waals surface area contributed by atoms with Gasteiger partial charge in [0.25, 0.3) is 0 Å². The molecule has 0 aromatic heterocycles. The monoisotopic (exact) mass is 385 g/mol. The number of quaternary nitrogens is 1. The number of unbranched alkanes of at least 4 members (excludes halogenated alkanes) is 11. The number of halogens is 1. The number of nitrogens with zero attached hydrogens (tertiary/aromatic N) is 1. The molecule has 25 heavy (non-hydrogen) atoms. The predicted molar refractivity (Wildman–Crippen MR) is 89.1 cm³/mol. The third-order valence-electron chi connectivity index (χ3n) is 4.58. The van der Waals surface area contributed by atoms with Gasteiger partial charge in [0.1, 0.15) is 12.6 Å². The van der Waals surface area contributed by atoms with Crippen molar-refractivity contribution in [3.63, 3.8) is 0 Å². The summed E-state index contributed by atoms with van der Waals surface area (Å²) in [6, 6.07) is 0.308. The van der Waals surface area contributed by atoms with Gasteiger partial charge in [-0.2, -0.15) is 4.65 Å². The van der Waals surface area contributed by atoms with Crippen LogP contribution in [0, 0.1) is 10.2 Å². The van der Waals surface area contributed by atoms with Gasteiger partial charge in [-0.25, -0.2) is 23.8 Å². The van der Waals surface area contributed by atoms with Crippen molar-refractivity contribution >= 4 is 0 Å². The highest BCUT2D eigenvalue weighted by Crippen LogP contribution is 2.13. The van der Waals surface area contributed by atoms with Gasteiger partial charge >= 0.3 is 0 Å². The Morgan fingerprint density at radius 3 is 1.28 bits per heavy atom. The van der Waals surface area contributed by atoms with E-state index in [1.807, 2.05) is 7.05 Å². The molecular weight excluding hydrogens is 346 g/mol. The molecule has 0 amide bonds. The number of hydrogen-bond donors (Lipinski definition) is 1. The molecule has 7 heteroatoms. The van der Waals surface area contributed by atoms with Crippen LogP contribution >= 0.6 is 0 Å². The van der Waals surface area contributed by atoms with Gasteiger partial charge in [-0.1, -0.05) is 71.1 Å². The molecule has 0 radical (unpaired) electrons. The summed E-state index contributed by atoms with van der Waals surface area (Å²) in [5.74, 6) is 0. The maximum Gasteiger partial charge on any atom is 0.113 e. The molecule has 0 bridgehead atoms. The molecule has 0 saturated carbocycles. The van der Waals surface area contributed by atoms with Gasteiger partial charge in [0.15, 0.2) is 0 Å². The Morgan fingerprint density at radius 1 is 0.720 bits per heavy atom. The second-order valence-electron chi connectivity index (χ2n) is 7.30. The maximum atomic E-state index is 10.1. The van der Waals surface area contributed by atoms with Crippen LogP contribution in [0.4, 0.5) is 0 Å². The van der Waals surface area contributed by atoms with E-state index in [2.05, 4.69) is 20.8 Å². The topological polar surface area (TPSA) is 112 Å². The van der Waals surface area contributed by atoms with Gasteiger partial charge < -0.3 is 0 Å². The maximum absolute atomic E-state index is 10.1. The summed E-state index contributed by atoms with van der Waals surface area (Å²) in [7, 11) is -3.02. The molecule has 0 aliphatic heterocycles.